The van der Waals surface area contributed by atoms with Crippen molar-refractivity contribution >= 4 is 0 Å². The van der Waals surface area contributed by atoms with Crippen LogP contribution in [0.2, 0.25) is 0 Å². The normalized spacial score (nSPS) is 12.6. The first-order valence-corrected chi connectivity index (χ1v) is 5.92. The van der Waals surface area contributed by atoms with Gasteiger partial charge in [-0.25, -0.2) is 0 Å². The number of aliphatic hydroxyl groups excluding tert-OH is 1. The van der Waals surface area contributed by atoms with Crippen LogP contribution in [0, 0.1) is 0 Å². The maximum Gasteiger partial charge on any atom is 0.161 e. The highest BCUT2D eigenvalue weighted by atomic mass is 16.5. The van der Waals surface area contributed by atoms with Crippen molar-refractivity contribution < 1.29 is 14.6 Å². The highest BCUT2D eigenvalue weighted by Crippen LogP contribution is 2.34. The fourth-order valence-electron chi connectivity index (χ4n) is 1.97. The molecule has 3 heteroatoms. The van der Waals surface area contributed by atoms with Crippen LogP contribution in [0.25, 0.3) is 0 Å². The second-order valence-corrected chi connectivity index (χ2v) is 4.61. The first kappa shape index (κ1) is 13.8. The molecule has 0 bridgehead atoms. The van der Waals surface area contributed by atoms with E-state index in [1.807, 2.05) is 12.1 Å². The van der Waals surface area contributed by atoms with Crippen LogP contribution in [0.3, 0.4) is 0 Å². The summed E-state index contributed by atoms with van der Waals surface area (Å²) in [5, 5.41) is 9.53. The monoisotopic (exact) mass is 238 g/mol. The highest BCUT2D eigenvalue weighted by Gasteiger charge is 2.14. The summed E-state index contributed by atoms with van der Waals surface area (Å²) in [5.74, 6) is 1.85. The molecular weight excluding hydrogens is 216 g/mol. The second kappa shape index (κ2) is 5.92. The minimum absolute atomic E-state index is 0.356. The molecule has 0 radical (unpaired) electrons. The van der Waals surface area contributed by atoms with Crippen molar-refractivity contribution in [3.63, 3.8) is 0 Å². The average Bonchev–Trinajstić information content (AvgIpc) is 2.27. The van der Waals surface area contributed by atoms with Crippen molar-refractivity contribution in [1.29, 1.82) is 0 Å². The molecule has 1 atom stereocenters. The number of methoxy groups -OCH3 is 2. The number of benzene rings is 1. The van der Waals surface area contributed by atoms with E-state index in [1.165, 1.54) is 5.56 Å². The molecule has 0 saturated carbocycles. The van der Waals surface area contributed by atoms with Crippen LogP contribution in [0.15, 0.2) is 12.1 Å². The molecule has 0 spiro atoms. The lowest BCUT2D eigenvalue weighted by Gasteiger charge is -2.18. The Morgan fingerprint density at radius 1 is 1.06 bits per heavy atom. The summed E-state index contributed by atoms with van der Waals surface area (Å²) in [5.41, 5.74) is 2.32. The van der Waals surface area contributed by atoms with Crippen molar-refractivity contribution in [2.24, 2.45) is 0 Å². The van der Waals surface area contributed by atoms with Crippen LogP contribution in [-0.4, -0.2) is 25.4 Å². The lowest BCUT2D eigenvalue weighted by Crippen LogP contribution is -2.08. The van der Waals surface area contributed by atoms with Gasteiger partial charge in [0.1, 0.15) is 0 Å². The molecule has 0 saturated heterocycles. The van der Waals surface area contributed by atoms with E-state index in [2.05, 4.69) is 13.8 Å². The minimum atomic E-state index is -0.356. The summed E-state index contributed by atoms with van der Waals surface area (Å²) < 4.78 is 10.6. The van der Waals surface area contributed by atoms with Crippen molar-refractivity contribution in [3.05, 3.63) is 23.3 Å². The molecular formula is C14H22O3. The van der Waals surface area contributed by atoms with Crippen LogP contribution in [0.5, 0.6) is 11.5 Å². The smallest absolute Gasteiger partial charge is 0.161 e. The van der Waals surface area contributed by atoms with E-state index < -0.39 is 0 Å². The van der Waals surface area contributed by atoms with Gasteiger partial charge in [0.25, 0.3) is 0 Å². The van der Waals surface area contributed by atoms with Gasteiger partial charge < -0.3 is 14.6 Å². The van der Waals surface area contributed by atoms with Gasteiger partial charge in [-0.05, 0) is 42.5 Å². The van der Waals surface area contributed by atoms with Crippen LogP contribution in [-0.2, 0) is 6.42 Å². The van der Waals surface area contributed by atoms with E-state index in [0.29, 0.717) is 18.1 Å². The zero-order chi connectivity index (χ0) is 13.0. The van der Waals surface area contributed by atoms with Crippen molar-refractivity contribution in [2.75, 3.05) is 14.2 Å². The molecule has 0 aliphatic carbocycles. The molecule has 1 unspecified atom stereocenters. The summed E-state index contributed by atoms with van der Waals surface area (Å²) in [7, 11) is 3.26. The number of hydrogen-bond acceptors (Lipinski definition) is 3. The number of hydrogen-bond donors (Lipinski definition) is 1. The summed E-state index contributed by atoms with van der Waals surface area (Å²) in [4.78, 5) is 0. The molecule has 0 aromatic heterocycles. The Kier molecular flexibility index (Phi) is 4.82. The third kappa shape index (κ3) is 3.37. The number of rotatable bonds is 5. The van der Waals surface area contributed by atoms with Gasteiger partial charge in [0.15, 0.2) is 11.5 Å². The van der Waals surface area contributed by atoms with Gasteiger partial charge in [-0.3, -0.25) is 0 Å². The largest absolute Gasteiger partial charge is 0.493 e. The fraction of sp³-hybridized carbons (Fsp3) is 0.571. The third-order valence-corrected chi connectivity index (χ3v) is 2.78. The first-order chi connectivity index (χ1) is 7.99. The van der Waals surface area contributed by atoms with E-state index in [0.717, 1.165) is 11.3 Å². The molecule has 0 heterocycles. The van der Waals surface area contributed by atoms with Crippen molar-refractivity contribution in [2.45, 2.75) is 39.2 Å². The number of aliphatic hydroxyl groups is 1. The molecule has 0 aliphatic heterocycles. The summed E-state index contributed by atoms with van der Waals surface area (Å²) >= 11 is 0. The molecule has 0 amide bonds. The van der Waals surface area contributed by atoms with E-state index in [-0.39, 0.29) is 6.10 Å². The molecule has 1 aromatic carbocycles. The van der Waals surface area contributed by atoms with Gasteiger partial charge in [-0.2, -0.15) is 0 Å². The Balaban J connectivity index is 3.24. The van der Waals surface area contributed by atoms with Gasteiger partial charge in [-0.1, -0.05) is 13.8 Å². The van der Waals surface area contributed by atoms with E-state index in [1.54, 1.807) is 21.1 Å². The van der Waals surface area contributed by atoms with Gasteiger partial charge in [0, 0.05) is 0 Å². The highest BCUT2D eigenvalue weighted by molar-refractivity contribution is 5.48. The molecule has 1 aromatic rings. The standard InChI is InChI=1S/C14H22O3/c1-9(2)12-8-14(17-5)13(16-4)7-11(12)6-10(3)15/h7-10,15H,6H2,1-5H3. The van der Waals surface area contributed by atoms with Crippen molar-refractivity contribution in [1.82, 2.24) is 0 Å². The predicted molar refractivity (Wildman–Crippen MR) is 69.0 cm³/mol. The first-order valence-electron chi connectivity index (χ1n) is 5.92. The van der Waals surface area contributed by atoms with Crippen LogP contribution < -0.4 is 9.47 Å². The number of ether oxygens (including phenoxy) is 2. The Hall–Kier alpha value is -1.22. The van der Waals surface area contributed by atoms with Crippen LogP contribution >= 0.6 is 0 Å². The lowest BCUT2D eigenvalue weighted by atomic mass is 9.93. The summed E-state index contributed by atoms with van der Waals surface area (Å²) in [6.07, 6.45) is 0.277. The molecule has 0 fully saturated rings. The molecule has 17 heavy (non-hydrogen) atoms. The van der Waals surface area contributed by atoms with E-state index in [4.69, 9.17) is 9.47 Å². The predicted octanol–water partition coefficient (Wildman–Crippen LogP) is 2.75. The van der Waals surface area contributed by atoms with Gasteiger partial charge >= 0.3 is 0 Å². The molecule has 3 nitrogen and oxygen atoms in total. The van der Waals surface area contributed by atoms with Gasteiger partial charge in [0.2, 0.25) is 0 Å². The second-order valence-electron chi connectivity index (χ2n) is 4.61. The Labute approximate surface area is 103 Å². The maximum atomic E-state index is 9.53. The van der Waals surface area contributed by atoms with Crippen molar-refractivity contribution in [3.8, 4) is 11.5 Å². The Morgan fingerprint density at radius 3 is 2.00 bits per heavy atom. The Morgan fingerprint density at radius 2 is 1.59 bits per heavy atom. The molecule has 1 N–H and O–H groups in total. The zero-order valence-corrected chi connectivity index (χ0v) is 11.3. The minimum Gasteiger partial charge on any atom is -0.493 e. The average molecular weight is 238 g/mol. The maximum absolute atomic E-state index is 9.53. The van der Waals surface area contributed by atoms with Gasteiger partial charge in [-0.15, -0.1) is 0 Å². The molecule has 1 rings (SSSR count). The quantitative estimate of drug-likeness (QED) is 0.857. The fourth-order valence-corrected chi connectivity index (χ4v) is 1.97. The topological polar surface area (TPSA) is 38.7 Å². The molecule has 96 valence electrons. The Bertz CT molecular complexity index is 370. The summed E-state index contributed by atoms with van der Waals surface area (Å²) in [6.45, 7) is 6.06. The zero-order valence-electron chi connectivity index (χ0n) is 11.3. The molecule has 0 aliphatic rings. The lowest BCUT2D eigenvalue weighted by molar-refractivity contribution is 0.195. The SMILES string of the molecule is COc1cc(CC(C)O)c(C(C)C)cc1OC. The van der Waals surface area contributed by atoms with Crippen LogP contribution in [0.4, 0.5) is 0 Å². The van der Waals surface area contributed by atoms with Crippen LogP contribution in [0.1, 0.15) is 37.8 Å². The third-order valence-electron chi connectivity index (χ3n) is 2.78. The summed E-state index contributed by atoms with van der Waals surface area (Å²) in [6, 6.07) is 3.96. The van der Waals surface area contributed by atoms with E-state index in [9.17, 15) is 5.11 Å². The van der Waals surface area contributed by atoms with E-state index >= 15 is 0 Å². The van der Waals surface area contributed by atoms with Gasteiger partial charge in [0.05, 0.1) is 20.3 Å².